The van der Waals surface area contributed by atoms with Gasteiger partial charge in [0.15, 0.2) is 0 Å². The average molecular weight is 669 g/mol. The van der Waals surface area contributed by atoms with E-state index in [2.05, 4.69) is 79.9 Å². The van der Waals surface area contributed by atoms with Gasteiger partial charge >= 0.3 is 25.7 Å². The molecule has 0 aromatic rings. The van der Waals surface area contributed by atoms with E-state index >= 15 is 0 Å². The number of rotatable bonds is 28. The molecule has 0 aliphatic carbocycles. The maximum atomic E-state index is 12.0. The molecule has 0 aliphatic heterocycles. The highest BCUT2D eigenvalue weighted by atomic mass is 32.5. The fraction of sp³-hybridized carbons (Fsp3) is 1.00. The molecule has 40 heavy (non-hydrogen) atoms. The van der Waals surface area contributed by atoms with Gasteiger partial charge in [-0.3, -0.25) is 0 Å². The van der Waals surface area contributed by atoms with Gasteiger partial charge < -0.3 is 17.1 Å². The van der Waals surface area contributed by atoms with E-state index in [1.807, 2.05) is 0 Å². The van der Waals surface area contributed by atoms with Crippen molar-refractivity contribution in [1.82, 2.24) is 0 Å². The molecular formula is C30H72O4SSi5. The van der Waals surface area contributed by atoms with Crippen molar-refractivity contribution in [2.75, 3.05) is 0 Å². The SMILES string of the molecule is CCC[SiH](CCC)S[Si](CCC)(CCC)O[Si](CCC)(CCC)O[Si](CCC)(CCC)O[Si](O)(CCC)CCC. The fourth-order valence-electron chi connectivity index (χ4n) is 6.60. The zero-order valence-corrected chi connectivity index (χ0v) is 34.8. The van der Waals surface area contributed by atoms with Gasteiger partial charge in [0.1, 0.15) is 0 Å². The highest BCUT2D eigenvalue weighted by molar-refractivity contribution is 8.47. The van der Waals surface area contributed by atoms with Gasteiger partial charge in [-0.25, -0.2) is 0 Å². The van der Waals surface area contributed by atoms with Crippen molar-refractivity contribution in [2.45, 2.75) is 194 Å². The first-order valence-electron chi connectivity index (χ1n) is 17.6. The second-order valence-corrected chi connectivity index (χ2v) is 35.8. The molecule has 0 aromatic carbocycles. The summed E-state index contributed by atoms with van der Waals surface area (Å²) in [6.07, 6.45) is 11.3. The highest BCUT2D eigenvalue weighted by Gasteiger charge is 2.54. The third-order valence-electron chi connectivity index (χ3n) is 7.79. The van der Waals surface area contributed by atoms with E-state index in [-0.39, 0.29) is 0 Å². The Morgan fingerprint density at radius 1 is 0.450 bits per heavy atom. The lowest BCUT2D eigenvalue weighted by Gasteiger charge is -2.48. The highest BCUT2D eigenvalue weighted by Crippen LogP contribution is 2.44. The molecule has 0 atom stereocenters. The molecule has 0 heterocycles. The van der Waals surface area contributed by atoms with Gasteiger partial charge in [-0.2, -0.15) is 10.7 Å². The Hall–Kier alpha value is 1.27. The van der Waals surface area contributed by atoms with Gasteiger partial charge in [-0.15, -0.1) is 0 Å². The van der Waals surface area contributed by atoms with Crippen molar-refractivity contribution >= 4 is 51.8 Å². The van der Waals surface area contributed by atoms with E-state index in [9.17, 15) is 4.80 Å². The van der Waals surface area contributed by atoms with Crippen LogP contribution in [0, 0.1) is 0 Å². The van der Waals surface area contributed by atoms with Crippen molar-refractivity contribution in [3.63, 3.8) is 0 Å². The Kier molecular flexibility index (Phi) is 23.5. The van der Waals surface area contributed by atoms with Gasteiger partial charge in [0, 0.05) is 0 Å². The quantitative estimate of drug-likeness (QED) is 0.0841. The van der Waals surface area contributed by atoms with Gasteiger partial charge in [0.25, 0.3) is 0 Å². The molecule has 0 aromatic heterocycles. The molecule has 0 unspecified atom stereocenters. The van der Waals surface area contributed by atoms with Crippen molar-refractivity contribution in [1.29, 1.82) is 0 Å². The molecular weight excluding hydrogens is 597 g/mol. The lowest BCUT2D eigenvalue weighted by Crippen LogP contribution is -2.62. The van der Waals surface area contributed by atoms with E-state index < -0.39 is 41.1 Å². The monoisotopic (exact) mass is 668 g/mol. The Balaban J connectivity index is 6.91. The van der Waals surface area contributed by atoms with Gasteiger partial charge in [-0.1, -0.05) is 146 Å². The van der Waals surface area contributed by atoms with Crippen LogP contribution in [0.15, 0.2) is 0 Å². The van der Waals surface area contributed by atoms with Crippen molar-refractivity contribution in [2.24, 2.45) is 0 Å². The molecule has 0 bridgehead atoms. The molecule has 0 aliphatic rings. The molecule has 0 fully saturated rings. The van der Waals surface area contributed by atoms with Crippen LogP contribution in [0.5, 0.6) is 0 Å². The Morgan fingerprint density at radius 2 is 0.800 bits per heavy atom. The molecule has 0 spiro atoms. The molecule has 0 amide bonds. The summed E-state index contributed by atoms with van der Waals surface area (Å²) in [6, 6.07) is 11.2. The Morgan fingerprint density at radius 3 is 1.12 bits per heavy atom. The van der Waals surface area contributed by atoms with Crippen LogP contribution in [-0.4, -0.2) is 45.9 Å². The van der Waals surface area contributed by atoms with E-state index in [0.29, 0.717) is 0 Å². The molecule has 0 saturated heterocycles. The minimum Gasteiger partial charge on any atom is -0.428 e. The normalized spacial score (nSPS) is 13.5. The molecule has 0 saturated carbocycles. The third-order valence-corrected chi connectivity index (χ3v) is 42.6. The third kappa shape index (κ3) is 14.8. The Bertz CT molecular complexity index is 587. The summed E-state index contributed by atoms with van der Waals surface area (Å²) < 4.78 is 22.9. The summed E-state index contributed by atoms with van der Waals surface area (Å²) in [5, 5.41) is 0. The summed E-state index contributed by atoms with van der Waals surface area (Å²) in [5.74, 6) is 0. The fourth-order valence-corrected chi connectivity index (χ4v) is 49.4. The topological polar surface area (TPSA) is 47.9 Å². The van der Waals surface area contributed by atoms with Gasteiger partial charge in [0.2, 0.25) is 7.47 Å². The standard InChI is InChI=1S/C30H72O4SSi5/c1-11-21-36(22-12-2)35-40(29-19-9,30-20-10)34-39(27-17-7,28-18-8)33-38(25-15-5,26-16-6)32-37(31,23-13-3)24-14-4/h31,36H,11-30H2,1-10H3. The van der Waals surface area contributed by atoms with Crippen LogP contribution in [-0.2, 0) is 12.3 Å². The Labute approximate surface area is 261 Å². The van der Waals surface area contributed by atoms with Crippen molar-refractivity contribution in [3.8, 4) is 0 Å². The summed E-state index contributed by atoms with van der Waals surface area (Å²) in [4.78, 5) is 12.0. The van der Waals surface area contributed by atoms with Crippen molar-refractivity contribution in [3.05, 3.63) is 0 Å². The lowest BCUT2D eigenvalue weighted by atomic mass is 10.6. The van der Waals surface area contributed by atoms with E-state index in [4.69, 9.17) is 12.3 Å². The molecule has 4 nitrogen and oxygen atoms in total. The molecule has 0 rings (SSSR count). The predicted octanol–water partition coefficient (Wildman–Crippen LogP) is 11.4. The van der Waals surface area contributed by atoms with E-state index in [1.165, 1.54) is 49.9 Å². The molecule has 242 valence electrons. The maximum absolute atomic E-state index is 12.0. The first-order chi connectivity index (χ1) is 19.1. The number of hydrogen-bond donors (Lipinski definition) is 1. The van der Waals surface area contributed by atoms with E-state index in [1.54, 1.807) is 0 Å². The minimum absolute atomic E-state index is 0.824. The minimum atomic E-state index is -2.83. The molecule has 1 N–H and O–H groups in total. The smallest absolute Gasteiger partial charge is 0.326 e. The first kappa shape index (κ1) is 41.3. The summed E-state index contributed by atoms with van der Waals surface area (Å²) in [6.45, 7) is 23.1. The van der Waals surface area contributed by atoms with Crippen LogP contribution in [0.3, 0.4) is 0 Å². The summed E-state index contributed by atoms with van der Waals surface area (Å²) >= 11 is 0. The largest absolute Gasteiger partial charge is 0.428 e. The van der Waals surface area contributed by atoms with Crippen LogP contribution in [0.2, 0.25) is 60.4 Å². The van der Waals surface area contributed by atoms with Crippen LogP contribution < -0.4 is 0 Å². The molecule has 10 heteroatoms. The lowest BCUT2D eigenvalue weighted by molar-refractivity contribution is 0.264. The second kappa shape index (κ2) is 22.7. The zero-order valence-electron chi connectivity index (χ0n) is 28.8. The van der Waals surface area contributed by atoms with Crippen LogP contribution in [0.4, 0.5) is 0 Å². The second-order valence-electron chi connectivity index (χ2n) is 12.3. The average Bonchev–Trinajstić information content (AvgIpc) is 2.85. The van der Waals surface area contributed by atoms with Gasteiger partial charge in [-0.05, 0) is 48.4 Å². The number of hydrogen-bond acceptors (Lipinski definition) is 5. The maximum Gasteiger partial charge on any atom is 0.326 e. The zero-order chi connectivity index (χ0) is 30.5. The molecule has 0 radical (unpaired) electrons. The summed E-state index contributed by atoms with van der Waals surface area (Å²) in [5.41, 5.74) is 0. The van der Waals surface area contributed by atoms with E-state index in [0.717, 1.165) is 74.8 Å². The van der Waals surface area contributed by atoms with Gasteiger partial charge in [0.05, 0.1) is 7.95 Å². The van der Waals surface area contributed by atoms with Crippen LogP contribution in [0.25, 0.3) is 0 Å². The van der Waals surface area contributed by atoms with Crippen LogP contribution >= 0.6 is 10.7 Å². The summed E-state index contributed by atoms with van der Waals surface area (Å²) in [7, 11) is -8.57. The first-order valence-corrected chi connectivity index (χ1v) is 31.3. The predicted molar refractivity (Wildman–Crippen MR) is 194 cm³/mol. The van der Waals surface area contributed by atoms with Crippen LogP contribution in [0.1, 0.15) is 133 Å². The van der Waals surface area contributed by atoms with Crippen molar-refractivity contribution < 1.29 is 17.1 Å².